The van der Waals surface area contributed by atoms with Crippen molar-refractivity contribution in [2.75, 3.05) is 24.5 Å². The van der Waals surface area contributed by atoms with Gasteiger partial charge in [0.1, 0.15) is 12.1 Å². The lowest BCUT2D eigenvalue weighted by Crippen LogP contribution is -2.43. The zero-order chi connectivity index (χ0) is 23.3. The molecule has 0 bridgehead atoms. The Morgan fingerprint density at radius 1 is 1.09 bits per heavy atom. The average Bonchev–Trinajstić information content (AvgIpc) is 2.84. The Hall–Kier alpha value is -3.30. The second kappa shape index (κ2) is 10.1. The maximum atomic E-state index is 12.8. The molecule has 1 fully saturated rings. The van der Waals surface area contributed by atoms with Crippen LogP contribution in [-0.4, -0.2) is 43.9 Å². The highest BCUT2D eigenvalue weighted by molar-refractivity contribution is 7.89. The summed E-state index contributed by atoms with van der Waals surface area (Å²) in [6.45, 7) is 1.95. The molecule has 2 aromatic carbocycles. The van der Waals surface area contributed by atoms with E-state index >= 15 is 0 Å². The van der Waals surface area contributed by atoms with Crippen molar-refractivity contribution < 1.29 is 13.2 Å². The molecule has 3 N–H and O–H groups in total. The first-order chi connectivity index (χ1) is 15.9. The van der Waals surface area contributed by atoms with Crippen LogP contribution in [0, 0.1) is 5.92 Å². The number of benzene rings is 2. The van der Waals surface area contributed by atoms with E-state index in [0.29, 0.717) is 19.5 Å². The second-order valence-electron chi connectivity index (χ2n) is 8.14. The van der Waals surface area contributed by atoms with E-state index < -0.39 is 10.0 Å². The number of anilines is 1. The van der Waals surface area contributed by atoms with Gasteiger partial charge < -0.3 is 10.2 Å². The summed E-state index contributed by atoms with van der Waals surface area (Å²) in [5.74, 6) is 0.744. The van der Waals surface area contributed by atoms with Crippen LogP contribution in [0.2, 0.25) is 0 Å². The maximum Gasteiger partial charge on any atom is 0.238 e. The molecule has 0 spiro atoms. The fraction of sp³-hybridized carbons (Fsp3) is 0.292. The Labute approximate surface area is 193 Å². The number of nitrogens with zero attached hydrogens (tertiary/aromatic N) is 3. The Kier molecular flexibility index (Phi) is 7.00. The Bertz CT molecular complexity index is 1200. The minimum Gasteiger partial charge on any atom is -0.356 e. The third-order valence-corrected chi connectivity index (χ3v) is 6.73. The number of hydrogen-bond donors (Lipinski definition) is 2. The first kappa shape index (κ1) is 22.9. The van der Waals surface area contributed by atoms with E-state index in [9.17, 15) is 13.2 Å². The van der Waals surface area contributed by atoms with Crippen LogP contribution >= 0.6 is 0 Å². The lowest BCUT2D eigenvalue weighted by atomic mass is 9.97. The molecular formula is C24H27N5O3S. The van der Waals surface area contributed by atoms with Gasteiger partial charge >= 0.3 is 0 Å². The number of rotatable bonds is 7. The first-order valence-corrected chi connectivity index (χ1v) is 12.5. The highest BCUT2D eigenvalue weighted by Crippen LogP contribution is 2.25. The summed E-state index contributed by atoms with van der Waals surface area (Å²) in [7, 11) is -3.70. The fourth-order valence-electron chi connectivity index (χ4n) is 4.01. The maximum absolute atomic E-state index is 12.8. The number of carbonyl (C=O) groups excluding carboxylic acids is 1. The van der Waals surface area contributed by atoms with Gasteiger partial charge in [0.05, 0.1) is 16.5 Å². The normalized spacial score (nSPS) is 16.4. The fourth-order valence-corrected chi connectivity index (χ4v) is 4.52. The topological polar surface area (TPSA) is 118 Å². The van der Waals surface area contributed by atoms with Crippen LogP contribution in [-0.2, 0) is 21.2 Å². The molecule has 1 saturated heterocycles. The van der Waals surface area contributed by atoms with Crippen LogP contribution in [0.4, 0.5) is 5.82 Å². The molecule has 8 nitrogen and oxygen atoms in total. The summed E-state index contributed by atoms with van der Waals surface area (Å²) in [5.41, 5.74) is 2.83. The number of nitrogens with two attached hydrogens (primary N) is 1. The monoisotopic (exact) mass is 465 g/mol. The van der Waals surface area contributed by atoms with Crippen LogP contribution in [0.25, 0.3) is 11.3 Å². The molecule has 33 heavy (non-hydrogen) atoms. The lowest BCUT2D eigenvalue weighted by molar-refractivity contribution is -0.125. The van der Waals surface area contributed by atoms with E-state index in [4.69, 9.17) is 5.14 Å². The molecule has 2 heterocycles. The summed E-state index contributed by atoms with van der Waals surface area (Å²) in [6.07, 6.45) is 3.93. The molecule has 0 aliphatic carbocycles. The molecule has 1 atom stereocenters. The van der Waals surface area contributed by atoms with Gasteiger partial charge in [0, 0.05) is 31.3 Å². The summed E-state index contributed by atoms with van der Waals surface area (Å²) in [5, 5.41) is 8.14. The summed E-state index contributed by atoms with van der Waals surface area (Å²) in [4.78, 5) is 23.8. The van der Waals surface area contributed by atoms with E-state index in [0.717, 1.165) is 42.0 Å². The molecule has 1 aliphatic rings. The van der Waals surface area contributed by atoms with Crippen molar-refractivity contribution in [3.63, 3.8) is 0 Å². The minimum absolute atomic E-state index is 0.0261. The number of aromatic nitrogens is 2. The van der Waals surface area contributed by atoms with Gasteiger partial charge in [0.25, 0.3) is 0 Å². The predicted octanol–water partition coefficient (Wildman–Crippen LogP) is 2.37. The van der Waals surface area contributed by atoms with E-state index in [2.05, 4.69) is 20.2 Å². The van der Waals surface area contributed by atoms with Gasteiger partial charge in [-0.25, -0.2) is 23.5 Å². The number of sulfonamides is 1. The van der Waals surface area contributed by atoms with Gasteiger partial charge in [0.15, 0.2) is 0 Å². The summed E-state index contributed by atoms with van der Waals surface area (Å²) in [6, 6.07) is 18.3. The van der Waals surface area contributed by atoms with Gasteiger partial charge in [0.2, 0.25) is 15.9 Å². The molecule has 0 radical (unpaired) electrons. The molecular weight excluding hydrogens is 438 g/mol. The number of piperidine rings is 1. The Balaban J connectivity index is 1.32. The van der Waals surface area contributed by atoms with Gasteiger partial charge in [-0.3, -0.25) is 4.79 Å². The molecule has 1 aromatic heterocycles. The molecule has 1 unspecified atom stereocenters. The number of hydrogen-bond acceptors (Lipinski definition) is 6. The molecule has 1 aliphatic heterocycles. The van der Waals surface area contributed by atoms with Crippen molar-refractivity contribution in [3.8, 4) is 11.3 Å². The van der Waals surface area contributed by atoms with Crippen LogP contribution < -0.4 is 15.4 Å². The van der Waals surface area contributed by atoms with E-state index in [1.165, 1.54) is 12.1 Å². The van der Waals surface area contributed by atoms with Crippen LogP contribution in [0.1, 0.15) is 18.4 Å². The summed E-state index contributed by atoms with van der Waals surface area (Å²) < 4.78 is 22.7. The Morgan fingerprint density at radius 2 is 1.85 bits per heavy atom. The molecule has 4 rings (SSSR count). The van der Waals surface area contributed by atoms with Gasteiger partial charge in [-0.1, -0.05) is 42.5 Å². The average molecular weight is 466 g/mol. The quantitative estimate of drug-likeness (QED) is 0.553. The lowest BCUT2D eigenvalue weighted by Gasteiger charge is -2.33. The number of carbonyl (C=O) groups is 1. The van der Waals surface area contributed by atoms with Crippen LogP contribution in [0.3, 0.4) is 0 Å². The highest BCUT2D eigenvalue weighted by atomic mass is 32.2. The van der Waals surface area contributed by atoms with Crippen LogP contribution in [0.15, 0.2) is 71.9 Å². The van der Waals surface area contributed by atoms with Crippen molar-refractivity contribution in [1.29, 1.82) is 0 Å². The standard InChI is InChI=1S/C24H27N5O3S/c25-33(31,32)21-10-8-18(9-11-21)12-13-26-24(30)20-7-4-14-29(16-20)23-15-22(27-17-28-23)19-5-2-1-3-6-19/h1-3,5-6,8-11,15,17,20H,4,7,12-14,16H2,(H,26,30)(H2,25,31,32). The van der Waals surface area contributed by atoms with E-state index in [1.807, 2.05) is 36.4 Å². The highest BCUT2D eigenvalue weighted by Gasteiger charge is 2.26. The van der Waals surface area contributed by atoms with E-state index in [1.54, 1.807) is 18.5 Å². The van der Waals surface area contributed by atoms with Gasteiger partial charge in [-0.15, -0.1) is 0 Å². The smallest absolute Gasteiger partial charge is 0.238 e. The van der Waals surface area contributed by atoms with Crippen molar-refractivity contribution in [2.45, 2.75) is 24.2 Å². The van der Waals surface area contributed by atoms with Gasteiger partial charge in [-0.2, -0.15) is 0 Å². The van der Waals surface area contributed by atoms with Crippen molar-refractivity contribution >= 4 is 21.7 Å². The predicted molar refractivity (Wildman–Crippen MR) is 127 cm³/mol. The zero-order valence-corrected chi connectivity index (χ0v) is 19.0. The molecule has 3 aromatic rings. The zero-order valence-electron chi connectivity index (χ0n) is 18.2. The minimum atomic E-state index is -3.70. The molecule has 0 saturated carbocycles. The number of primary sulfonamides is 1. The number of amides is 1. The van der Waals surface area contributed by atoms with Crippen molar-refractivity contribution in [1.82, 2.24) is 15.3 Å². The Morgan fingerprint density at radius 3 is 2.58 bits per heavy atom. The van der Waals surface area contributed by atoms with Crippen molar-refractivity contribution in [2.24, 2.45) is 11.1 Å². The van der Waals surface area contributed by atoms with Crippen molar-refractivity contribution in [3.05, 3.63) is 72.6 Å². The third-order valence-electron chi connectivity index (χ3n) is 5.80. The van der Waals surface area contributed by atoms with E-state index in [-0.39, 0.29) is 16.7 Å². The molecule has 1 amide bonds. The number of nitrogens with one attached hydrogen (secondary N) is 1. The largest absolute Gasteiger partial charge is 0.356 e. The third kappa shape index (κ3) is 5.94. The van der Waals surface area contributed by atoms with Gasteiger partial charge in [-0.05, 0) is 37.0 Å². The SMILES string of the molecule is NS(=O)(=O)c1ccc(CCNC(=O)C2CCCN(c3cc(-c4ccccc4)ncn3)C2)cc1. The second-order valence-corrected chi connectivity index (χ2v) is 9.70. The first-order valence-electron chi connectivity index (χ1n) is 10.9. The molecule has 9 heteroatoms. The summed E-state index contributed by atoms with van der Waals surface area (Å²) >= 11 is 0. The van der Waals surface area contributed by atoms with Crippen LogP contribution in [0.5, 0.6) is 0 Å². The molecule has 172 valence electrons.